The molecule has 0 spiro atoms. The van der Waals surface area contributed by atoms with Crippen molar-refractivity contribution in [2.75, 3.05) is 0 Å². The summed E-state index contributed by atoms with van der Waals surface area (Å²) in [5.41, 5.74) is 2.31. The van der Waals surface area contributed by atoms with E-state index in [1.807, 2.05) is 4.68 Å². The van der Waals surface area contributed by atoms with E-state index in [0.29, 0.717) is 6.04 Å². The molecule has 1 aromatic carbocycles. The van der Waals surface area contributed by atoms with Gasteiger partial charge in [0.1, 0.15) is 4.60 Å². The number of nitrogens with zero attached hydrogens (tertiary/aromatic N) is 2. The van der Waals surface area contributed by atoms with E-state index in [4.69, 9.17) is 0 Å². The van der Waals surface area contributed by atoms with E-state index in [0.717, 1.165) is 10.1 Å². The molecule has 0 amide bonds. The van der Waals surface area contributed by atoms with Gasteiger partial charge in [-0.15, -0.1) is 0 Å². The number of hydrogen-bond acceptors (Lipinski definition) is 1. The van der Waals surface area contributed by atoms with Crippen LogP contribution in [0.15, 0.2) is 22.8 Å². The second-order valence-corrected chi connectivity index (χ2v) is 4.60. The zero-order valence-corrected chi connectivity index (χ0v) is 10.2. The molecule has 0 saturated heterocycles. The molecule has 2 rings (SSSR count). The Labute approximate surface area is 92.0 Å². The maximum absolute atomic E-state index is 4.54. The Bertz CT molecular complexity index is 471. The summed E-state index contributed by atoms with van der Waals surface area (Å²) in [6.07, 6.45) is 0. The number of fused-ring (bicyclic) bond motifs is 1. The zero-order chi connectivity index (χ0) is 10.3. The van der Waals surface area contributed by atoms with Crippen molar-refractivity contribution in [1.29, 1.82) is 0 Å². The summed E-state index contributed by atoms with van der Waals surface area (Å²) in [4.78, 5) is 0. The smallest absolute Gasteiger partial charge is 0.112 e. The topological polar surface area (TPSA) is 17.8 Å². The SMILES string of the molecule is Cc1ccc2c(Br)n(C(C)C)nc2c1. The predicted octanol–water partition coefficient (Wildman–Crippen LogP) is 3.69. The van der Waals surface area contributed by atoms with Crippen LogP contribution in [0.5, 0.6) is 0 Å². The lowest BCUT2D eigenvalue weighted by Gasteiger charge is -2.05. The Morgan fingerprint density at radius 2 is 2.07 bits per heavy atom. The molecule has 2 aromatic rings. The predicted molar refractivity (Wildman–Crippen MR) is 62.6 cm³/mol. The van der Waals surface area contributed by atoms with Crippen LogP contribution in [0.4, 0.5) is 0 Å². The van der Waals surface area contributed by atoms with E-state index in [-0.39, 0.29) is 0 Å². The highest BCUT2D eigenvalue weighted by Crippen LogP contribution is 2.26. The highest BCUT2D eigenvalue weighted by atomic mass is 79.9. The normalized spacial score (nSPS) is 11.5. The van der Waals surface area contributed by atoms with Crippen molar-refractivity contribution in [2.45, 2.75) is 26.8 Å². The molecule has 1 heterocycles. The van der Waals surface area contributed by atoms with Crippen molar-refractivity contribution in [3.05, 3.63) is 28.4 Å². The molecule has 2 nitrogen and oxygen atoms in total. The van der Waals surface area contributed by atoms with Crippen LogP contribution in [0.1, 0.15) is 25.5 Å². The molecular formula is C11H13BrN2. The molecule has 0 fully saturated rings. The van der Waals surface area contributed by atoms with Crippen LogP contribution in [0.25, 0.3) is 10.9 Å². The number of aryl methyl sites for hydroxylation is 1. The third-order valence-corrected chi connectivity index (χ3v) is 3.07. The molecule has 0 bridgehead atoms. The molecule has 0 aliphatic carbocycles. The molecule has 0 saturated carbocycles. The Morgan fingerprint density at radius 3 is 2.71 bits per heavy atom. The van der Waals surface area contributed by atoms with Crippen LogP contribution in [0.3, 0.4) is 0 Å². The number of hydrogen-bond donors (Lipinski definition) is 0. The van der Waals surface area contributed by atoms with Gasteiger partial charge in [-0.25, -0.2) is 0 Å². The van der Waals surface area contributed by atoms with Crippen molar-refractivity contribution < 1.29 is 0 Å². The van der Waals surface area contributed by atoms with E-state index < -0.39 is 0 Å². The molecular weight excluding hydrogens is 240 g/mol. The van der Waals surface area contributed by atoms with Crippen molar-refractivity contribution in [3.63, 3.8) is 0 Å². The van der Waals surface area contributed by atoms with Crippen LogP contribution in [-0.2, 0) is 0 Å². The number of aromatic nitrogens is 2. The minimum Gasteiger partial charge on any atom is -0.255 e. The standard InChI is InChI=1S/C11H13BrN2/c1-7(2)14-11(12)9-5-4-8(3)6-10(9)13-14/h4-7H,1-3H3. The first kappa shape index (κ1) is 9.71. The molecule has 3 heteroatoms. The quantitative estimate of drug-likeness (QED) is 0.757. The number of halogens is 1. The molecule has 0 aliphatic heterocycles. The van der Waals surface area contributed by atoms with Gasteiger partial charge >= 0.3 is 0 Å². The number of benzene rings is 1. The Balaban J connectivity index is 2.73. The fourth-order valence-corrected chi connectivity index (χ4v) is 2.35. The molecule has 0 aliphatic rings. The van der Waals surface area contributed by atoms with E-state index in [9.17, 15) is 0 Å². The Kier molecular flexibility index (Phi) is 2.35. The molecule has 0 N–H and O–H groups in total. The maximum Gasteiger partial charge on any atom is 0.112 e. The first-order valence-electron chi connectivity index (χ1n) is 4.74. The lowest BCUT2D eigenvalue weighted by atomic mass is 10.2. The van der Waals surface area contributed by atoms with Crippen LogP contribution in [0, 0.1) is 6.92 Å². The highest BCUT2D eigenvalue weighted by Gasteiger charge is 2.10. The van der Waals surface area contributed by atoms with Crippen molar-refractivity contribution in [2.24, 2.45) is 0 Å². The summed E-state index contributed by atoms with van der Waals surface area (Å²) in [6.45, 7) is 6.34. The van der Waals surface area contributed by atoms with Crippen molar-refractivity contribution >= 4 is 26.8 Å². The lowest BCUT2D eigenvalue weighted by molar-refractivity contribution is 0.527. The summed E-state index contributed by atoms with van der Waals surface area (Å²) in [5.74, 6) is 0. The summed E-state index contributed by atoms with van der Waals surface area (Å²) < 4.78 is 3.08. The summed E-state index contributed by atoms with van der Waals surface area (Å²) in [5, 5.41) is 5.73. The zero-order valence-electron chi connectivity index (χ0n) is 8.58. The molecule has 0 radical (unpaired) electrons. The molecule has 0 unspecified atom stereocenters. The van der Waals surface area contributed by atoms with Crippen LogP contribution >= 0.6 is 15.9 Å². The van der Waals surface area contributed by atoms with Gasteiger partial charge in [0.05, 0.1) is 5.52 Å². The molecule has 14 heavy (non-hydrogen) atoms. The average Bonchev–Trinajstić information content (AvgIpc) is 2.43. The van der Waals surface area contributed by atoms with Crippen LogP contribution < -0.4 is 0 Å². The highest BCUT2D eigenvalue weighted by molar-refractivity contribution is 9.10. The summed E-state index contributed by atoms with van der Waals surface area (Å²) in [6, 6.07) is 6.72. The minimum absolute atomic E-state index is 0.386. The van der Waals surface area contributed by atoms with E-state index in [1.165, 1.54) is 10.9 Å². The van der Waals surface area contributed by atoms with Crippen molar-refractivity contribution in [1.82, 2.24) is 9.78 Å². The molecule has 0 atom stereocenters. The van der Waals surface area contributed by atoms with Gasteiger partial charge < -0.3 is 0 Å². The Morgan fingerprint density at radius 1 is 1.36 bits per heavy atom. The van der Waals surface area contributed by atoms with Gasteiger partial charge in [0.2, 0.25) is 0 Å². The van der Waals surface area contributed by atoms with E-state index in [2.05, 4.69) is 60.0 Å². The fraction of sp³-hybridized carbons (Fsp3) is 0.364. The largest absolute Gasteiger partial charge is 0.255 e. The van der Waals surface area contributed by atoms with Gasteiger partial charge in [-0.05, 0) is 54.4 Å². The van der Waals surface area contributed by atoms with Gasteiger partial charge in [0, 0.05) is 11.4 Å². The van der Waals surface area contributed by atoms with Gasteiger partial charge in [-0.2, -0.15) is 5.10 Å². The van der Waals surface area contributed by atoms with Crippen LogP contribution in [-0.4, -0.2) is 9.78 Å². The van der Waals surface area contributed by atoms with E-state index >= 15 is 0 Å². The van der Waals surface area contributed by atoms with Crippen molar-refractivity contribution in [3.8, 4) is 0 Å². The maximum atomic E-state index is 4.54. The lowest BCUT2D eigenvalue weighted by Crippen LogP contribution is -2.02. The third kappa shape index (κ3) is 1.46. The Hall–Kier alpha value is -0.830. The fourth-order valence-electron chi connectivity index (χ4n) is 1.52. The van der Waals surface area contributed by atoms with E-state index in [1.54, 1.807) is 0 Å². The first-order chi connectivity index (χ1) is 6.59. The monoisotopic (exact) mass is 252 g/mol. The first-order valence-corrected chi connectivity index (χ1v) is 5.53. The van der Waals surface area contributed by atoms with Gasteiger partial charge in [-0.1, -0.05) is 6.07 Å². The second-order valence-electron chi connectivity index (χ2n) is 3.85. The third-order valence-electron chi connectivity index (χ3n) is 2.28. The van der Waals surface area contributed by atoms with Gasteiger partial charge in [0.25, 0.3) is 0 Å². The summed E-state index contributed by atoms with van der Waals surface area (Å²) in [7, 11) is 0. The minimum atomic E-state index is 0.386. The van der Waals surface area contributed by atoms with Gasteiger partial charge in [0.15, 0.2) is 0 Å². The van der Waals surface area contributed by atoms with Gasteiger partial charge in [-0.3, -0.25) is 4.68 Å². The molecule has 1 aromatic heterocycles. The molecule has 74 valence electrons. The second kappa shape index (κ2) is 3.39. The summed E-state index contributed by atoms with van der Waals surface area (Å²) >= 11 is 3.58. The van der Waals surface area contributed by atoms with Crippen LogP contribution in [0.2, 0.25) is 0 Å². The average molecular weight is 253 g/mol. The number of rotatable bonds is 1.